The Morgan fingerprint density at radius 1 is 1.10 bits per heavy atom. The third-order valence-corrected chi connectivity index (χ3v) is 5.76. The Balaban J connectivity index is 1.55. The summed E-state index contributed by atoms with van der Waals surface area (Å²) in [4.78, 5) is 40.9. The van der Waals surface area contributed by atoms with Crippen molar-refractivity contribution >= 4 is 34.8 Å². The van der Waals surface area contributed by atoms with Crippen molar-refractivity contribution in [3.63, 3.8) is 0 Å². The van der Waals surface area contributed by atoms with Crippen molar-refractivity contribution in [3.05, 3.63) is 53.8 Å². The van der Waals surface area contributed by atoms with E-state index >= 15 is 0 Å². The van der Waals surface area contributed by atoms with Crippen molar-refractivity contribution in [2.75, 3.05) is 41.9 Å². The molecule has 2 amide bonds. The van der Waals surface area contributed by atoms with E-state index in [2.05, 4.69) is 10.2 Å². The number of carbonyl (C=O) groups excluding carboxylic acids is 3. The van der Waals surface area contributed by atoms with E-state index in [-0.39, 0.29) is 30.5 Å². The summed E-state index contributed by atoms with van der Waals surface area (Å²) in [5.41, 5.74) is 1.84. The fraction of sp³-hybridized carbons (Fsp3) is 0.348. The first kappa shape index (κ1) is 20.8. The second kappa shape index (κ2) is 8.75. The lowest BCUT2D eigenvalue weighted by Crippen LogP contribution is -2.29. The molecule has 8 heteroatoms. The van der Waals surface area contributed by atoms with Crippen LogP contribution >= 0.6 is 0 Å². The Kier molecular flexibility index (Phi) is 5.88. The lowest BCUT2D eigenvalue weighted by atomic mass is 10.1. The molecule has 2 heterocycles. The van der Waals surface area contributed by atoms with Crippen molar-refractivity contribution < 1.29 is 23.5 Å². The second-order valence-corrected chi connectivity index (χ2v) is 7.76. The zero-order valence-corrected chi connectivity index (χ0v) is 17.3. The minimum absolute atomic E-state index is 0.00406. The molecule has 1 N–H and O–H groups in total. The van der Waals surface area contributed by atoms with Crippen LogP contribution in [0, 0.1) is 11.7 Å². The molecule has 4 rings (SSSR count). The molecule has 1 unspecified atom stereocenters. The average molecular weight is 425 g/mol. The van der Waals surface area contributed by atoms with Gasteiger partial charge in [0.05, 0.1) is 35.7 Å². The van der Waals surface area contributed by atoms with E-state index in [9.17, 15) is 18.8 Å². The van der Waals surface area contributed by atoms with E-state index in [1.54, 1.807) is 30.3 Å². The van der Waals surface area contributed by atoms with Gasteiger partial charge in [-0.25, -0.2) is 9.18 Å². The Morgan fingerprint density at radius 3 is 2.55 bits per heavy atom. The molecule has 0 radical (unpaired) electrons. The van der Waals surface area contributed by atoms with Crippen LogP contribution in [0.4, 0.5) is 21.5 Å². The minimum Gasteiger partial charge on any atom is -0.465 e. The van der Waals surface area contributed by atoms with Gasteiger partial charge in [0.15, 0.2) is 0 Å². The number of anilines is 3. The highest BCUT2D eigenvalue weighted by Crippen LogP contribution is 2.32. The molecule has 2 aliphatic heterocycles. The molecule has 162 valence electrons. The third kappa shape index (κ3) is 4.23. The highest BCUT2D eigenvalue weighted by molar-refractivity contribution is 6.05. The largest absolute Gasteiger partial charge is 0.465 e. The minimum atomic E-state index is -0.625. The Bertz CT molecular complexity index is 1020. The normalized spacial score (nSPS) is 18.4. The lowest BCUT2D eigenvalue weighted by Gasteiger charge is -2.23. The summed E-state index contributed by atoms with van der Waals surface area (Å²) < 4.78 is 18.9. The molecule has 0 bridgehead atoms. The first-order valence-corrected chi connectivity index (χ1v) is 10.3. The van der Waals surface area contributed by atoms with Crippen molar-refractivity contribution in [1.29, 1.82) is 0 Å². The number of carbonyl (C=O) groups is 3. The van der Waals surface area contributed by atoms with Gasteiger partial charge in [-0.1, -0.05) is 12.1 Å². The van der Waals surface area contributed by atoms with Crippen LogP contribution in [0.25, 0.3) is 0 Å². The quantitative estimate of drug-likeness (QED) is 0.745. The summed E-state index contributed by atoms with van der Waals surface area (Å²) in [5, 5.41) is 2.89. The van der Waals surface area contributed by atoms with Gasteiger partial charge in [-0.2, -0.15) is 0 Å². The second-order valence-electron chi connectivity index (χ2n) is 7.76. The SMILES string of the molecule is COC(=O)c1ccc(N2CCCC2)c(NC(=O)C2CC(=O)N(c3ccccc3F)C2)c1. The van der Waals surface area contributed by atoms with Gasteiger partial charge in [0.25, 0.3) is 0 Å². The highest BCUT2D eigenvalue weighted by atomic mass is 19.1. The van der Waals surface area contributed by atoms with E-state index in [1.807, 2.05) is 0 Å². The maximum Gasteiger partial charge on any atom is 0.337 e. The van der Waals surface area contributed by atoms with E-state index in [0.29, 0.717) is 11.3 Å². The number of nitrogens with one attached hydrogen (secondary N) is 1. The number of hydrogen-bond donors (Lipinski definition) is 1. The molecule has 2 aromatic carbocycles. The number of esters is 1. The van der Waals surface area contributed by atoms with Gasteiger partial charge in [0.2, 0.25) is 11.8 Å². The van der Waals surface area contributed by atoms with Gasteiger partial charge in [-0.15, -0.1) is 0 Å². The summed E-state index contributed by atoms with van der Waals surface area (Å²) in [6.07, 6.45) is 2.11. The molecule has 2 aliphatic rings. The van der Waals surface area contributed by atoms with Crippen LogP contribution < -0.4 is 15.1 Å². The molecule has 0 aliphatic carbocycles. The Hall–Kier alpha value is -3.42. The molecule has 2 aromatic rings. The van der Waals surface area contributed by atoms with Gasteiger partial charge in [0, 0.05) is 26.1 Å². The summed E-state index contributed by atoms with van der Waals surface area (Å²) in [6.45, 7) is 1.83. The first-order chi connectivity index (χ1) is 15.0. The molecule has 2 fully saturated rings. The smallest absolute Gasteiger partial charge is 0.337 e. The molecule has 0 aromatic heterocycles. The lowest BCUT2D eigenvalue weighted by molar-refractivity contribution is -0.122. The van der Waals surface area contributed by atoms with Crippen LogP contribution in [0.1, 0.15) is 29.6 Å². The van der Waals surface area contributed by atoms with Gasteiger partial charge in [-0.3, -0.25) is 9.59 Å². The van der Waals surface area contributed by atoms with Crippen molar-refractivity contribution in [2.24, 2.45) is 5.92 Å². The predicted octanol–water partition coefficient (Wildman–Crippen LogP) is 3.20. The van der Waals surface area contributed by atoms with Crippen LogP contribution in [-0.2, 0) is 14.3 Å². The molecular formula is C23H24FN3O4. The summed E-state index contributed by atoms with van der Waals surface area (Å²) in [5.74, 6) is -2.26. The zero-order valence-electron chi connectivity index (χ0n) is 17.3. The Labute approximate surface area is 179 Å². The summed E-state index contributed by atoms with van der Waals surface area (Å²) in [6, 6.07) is 11.1. The fourth-order valence-electron chi connectivity index (χ4n) is 4.14. The molecule has 0 saturated carbocycles. The highest BCUT2D eigenvalue weighted by Gasteiger charge is 2.36. The number of para-hydroxylation sites is 1. The van der Waals surface area contributed by atoms with Crippen LogP contribution in [0.15, 0.2) is 42.5 Å². The molecule has 0 spiro atoms. The molecule has 1 atom stereocenters. The number of rotatable bonds is 5. The average Bonchev–Trinajstić information content (AvgIpc) is 3.43. The van der Waals surface area contributed by atoms with E-state index in [4.69, 9.17) is 4.74 Å². The van der Waals surface area contributed by atoms with Gasteiger partial charge < -0.3 is 19.9 Å². The van der Waals surface area contributed by atoms with E-state index < -0.39 is 17.7 Å². The molecule has 2 saturated heterocycles. The number of benzene rings is 2. The van der Waals surface area contributed by atoms with Gasteiger partial charge in [0.1, 0.15) is 5.82 Å². The van der Waals surface area contributed by atoms with Crippen molar-refractivity contribution in [3.8, 4) is 0 Å². The maximum absolute atomic E-state index is 14.1. The predicted molar refractivity (Wildman–Crippen MR) is 115 cm³/mol. The third-order valence-electron chi connectivity index (χ3n) is 5.76. The number of halogens is 1. The molecular weight excluding hydrogens is 401 g/mol. The molecule has 31 heavy (non-hydrogen) atoms. The van der Waals surface area contributed by atoms with E-state index in [0.717, 1.165) is 31.6 Å². The van der Waals surface area contributed by atoms with Crippen molar-refractivity contribution in [1.82, 2.24) is 0 Å². The zero-order chi connectivity index (χ0) is 22.0. The number of amides is 2. The molecule has 7 nitrogen and oxygen atoms in total. The summed E-state index contributed by atoms with van der Waals surface area (Å²) in [7, 11) is 1.30. The number of nitrogens with zero attached hydrogens (tertiary/aromatic N) is 2. The van der Waals surface area contributed by atoms with Gasteiger partial charge >= 0.3 is 5.97 Å². The number of hydrogen-bond acceptors (Lipinski definition) is 5. The van der Waals surface area contributed by atoms with Crippen LogP contribution in [-0.4, -0.2) is 44.5 Å². The maximum atomic E-state index is 14.1. The van der Waals surface area contributed by atoms with E-state index in [1.165, 1.54) is 24.1 Å². The van der Waals surface area contributed by atoms with Crippen LogP contribution in [0.3, 0.4) is 0 Å². The van der Waals surface area contributed by atoms with Crippen LogP contribution in [0.2, 0.25) is 0 Å². The number of methoxy groups -OCH3 is 1. The monoisotopic (exact) mass is 425 g/mol. The topological polar surface area (TPSA) is 79.0 Å². The number of ether oxygens (including phenoxy) is 1. The van der Waals surface area contributed by atoms with Gasteiger partial charge in [-0.05, 0) is 43.2 Å². The standard InChI is InChI=1S/C23H24FN3O4/c1-31-23(30)15-8-9-20(26-10-4-5-11-26)18(12-15)25-22(29)16-13-21(28)27(14-16)19-7-3-2-6-17(19)24/h2-3,6-9,12,16H,4-5,10-11,13-14H2,1H3,(H,25,29). The van der Waals surface area contributed by atoms with Crippen molar-refractivity contribution in [2.45, 2.75) is 19.3 Å². The Morgan fingerprint density at radius 2 is 1.84 bits per heavy atom. The fourth-order valence-corrected chi connectivity index (χ4v) is 4.14. The summed E-state index contributed by atoms with van der Waals surface area (Å²) >= 11 is 0. The van der Waals surface area contributed by atoms with Crippen LogP contribution in [0.5, 0.6) is 0 Å². The first-order valence-electron chi connectivity index (χ1n) is 10.3.